The maximum absolute atomic E-state index is 6.21. The zero-order chi connectivity index (χ0) is 18.5. The van der Waals surface area contributed by atoms with Gasteiger partial charge in [-0.2, -0.15) is 0 Å². The minimum Gasteiger partial charge on any atom is -0.488 e. The second kappa shape index (κ2) is 9.01. The van der Waals surface area contributed by atoms with Crippen LogP contribution in [0.3, 0.4) is 0 Å². The summed E-state index contributed by atoms with van der Waals surface area (Å²) in [5, 5.41) is 5.22. The summed E-state index contributed by atoms with van der Waals surface area (Å²) in [6.07, 6.45) is 0. The van der Waals surface area contributed by atoms with Gasteiger partial charge in [-0.25, -0.2) is 0 Å². The van der Waals surface area contributed by atoms with Crippen molar-refractivity contribution in [3.8, 4) is 5.75 Å². The fourth-order valence-corrected chi connectivity index (χ4v) is 3.31. The summed E-state index contributed by atoms with van der Waals surface area (Å²) >= 11 is 21.7. The van der Waals surface area contributed by atoms with Crippen LogP contribution in [-0.2, 0) is 13.2 Å². The second-order valence-corrected chi connectivity index (χ2v) is 7.83. The third-order valence-corrected chi connectivity index (χ3v) is 5.10. The fourth-order valence-electron chi connectivity index (χ4n) is 2.39. The van der Waals surface area contributed by atoms with E-state index in [4.69, 9.17) is 39.5 Å². The Labute approximate surface area is 176 Å². The standard InChI is InChI=1S/C20H15BrCl3NO/c21-15-2-6-18(7-3-15)25-11-14-9-16(22)5-8-20(14)26-12-13-1-4-17(23)10-19(13)24/h1-10,25H,11-12H2. The van der Waals surface area contributed by atoms with Crippen LogP contribution in [0.1, 0.15) is 11.1 Å². The summed E-state index contributed by atoms with van der Waals surface area (Å²) in [4.78, 5) is 0. The molecule has 3 aromatic rings. The van der Waals surface area contributed by atoms with Crippen LogP contribution in [0.5, 0.6) is 5.75 Å². The predicted octanol–water partition coefficient (Wildman–Crippen LogP) is 7.60. The SMILES string of the molecule is Clc1ccc(COc2ccc(Cl)cc2CNc2ccc(Br)cc2)c(Cl)c1. The molecule has 134 valence electrons. The Morgan fingerprint density at radius 1 is 0.808 bits per heavy atom. The summed E-state index contributed by atoms with van der Waals surface area (Å²) in [6, 6.07) is 18.9. The van der Waals surface area contributed by atoms with E-state index in [0.717, 1.165) is 27.0 Å². The van der Waals surface area contributed by atoms with E-state index >= 15 is 0 Å². The first-order valence-corrected chi connectivity index (χ1v) is 9.78. The summed E-state index contributed by atoms with van der Waals surface area (Å²) in [5.41, 5.74) is 2.85. The van der Waals surface area contributed by atoms with E-state index in [1.807, 2.05) is 48.5 Å². The van der Waals surface area contributed by atoms with Crippen molar-refractivity contribution in [2.24, 2.45) is 0 Å². The van der Waals surface area contributed by atoms with E-state index in [2.05, 4.69) is 21.2 Å². The summed E-state index contributed by atoms with van der Waals surface area (Å²) in [5.74, 6) is 0.755. The lowest BCUT2D eigenvalue weighted by molar-refractivity contribution is 0.303. The van der Waals surface area contributed by atoms with Crippen LogP contribution in [0.2, 0.25) is 15.1 Å². The van der Waals surface area contributed by atoms with E-state index in [-0.39, 0.29) is 0 Å². The minimum atomic E-state index is 0.350. The average molecular weight is 472 g/mol. The molecule has 0 aliphatic carbocycles. The Morgan fingerprint density at radius 3 is 2.23 bits per heavy atom. The maximum Gasteiger partial charge on any atom is 0.124 e. The van der Waals surface area contributed by atoms with Gasteiger partial charge in [-0.1, -0.05) is 56.8 Å². The second-order valence-electron chi connectivity index (χ2n) is 5.64. The molecule has 0 fully saturated rings. The molecule has 6 heteroatoms. The van der Waals surface area contributed by atoms with Crippen molar-refractivity contribution in [2.75, 3.05) is 5.32 Å². The molecular weight excluding hydrogens is 456 g/mol. The van der Waals surface area contributed by atoms with Gasteiger partial charge in [0.05, 0.1) is 0 Å². The molecule has 0 unspecified atom stereocenters. The van der Waals surface area contributed by atoms with Crippen LogP contribution in [0, 0.1) is 0 Å². The Kier molecular flexibility index (Phi) is 6.71. The molecule has 0 aliphatic rings. The van der Waals surface area contributed by atoms with Crippen LogP contribution in [0.4, 0.5) is 5.69 Å². The molecule has 1 N–H and O–H groups in total. The first-order valence-electron chi connectivity index (χ1n) is 7.86. The number of halogens is 4. The molecule has 0 amide bonds. The summed E-state index contributed by atoms with van der Waals surface area (Å²) in [6.45, 7) is 0.939. The van der Waals surface area contributed by atoms with E-state index in [9.17, 15) is 0 Å². The van der Waals surface area contributed by atoms with Crippen LogP contribution >= 0.6 is 50.7 Å². The number of anilines is 1. The highest BCUT2D eigenvalue weighted by atomic mass is 79.9. The zero-order valence-corrected chi connectivity index (χ0v) is 17.5. The van der Waals surface area contributed by atoms with Crippen LogP contribution in [0.15, 0.2) is 65.1 Å². The number of benzene rings is 3. The van der Waals surface area contributed by atoms with Gasteiger partial charge >= 0.3 is 0 Å². The van der Waals surface area contributed by atoms with Crippen molar-refractivity contribution in [3.05, 3.63) is 91.3 Å². The van der Waals surface area contributed by atoms with Gasteiger partial charge in [0.15, 0.2) is 0 Å². The predicted molar refractivity (Wildman–Crippen MR) is 114 cm³/mol. The highest BCUT2D eigenvalue weighted by Gasteiger charge is 2.08. The quantitative estimate of drug-likeness (QED) is 0.400. The van der Waals surface area contributed by atoms with Crippen LogP contribution in [0.25, 0.3) is 0 Å². The molecule has 26 heavy (non-hydrogen) atoms. The van der Waals surface area contributed by atoms with Gasteiger partial charge in [-0.05, 0) is 54.6 Å². The maximum atomic E-state index is 6.21. The van der Waals surface area contributed by atoms with Crippen LogP contribution in [-0.4, -0.2) is 0 Å². The summed E-state index contributed by atoms with van der Waals surface area (Å²) in [7, 11) is 0. The van der Waals surface area contributed by atoms with Crippen molar-refractivity contribution in [1.82, 2.24) is 0 Å². The smallest absolute Gasteiger partial charge is 0.124 e. The monoisotopic (exact) mass is 469 g/mol. The third-order valence-electron chi connectivity index (χ3n) is 3.75. The van der Waals surface area contributed by atoms with Gasteiger partial charge in [0.2, 0.25) is 0 Å². The lowest BCUT2D eigenvalue weighted by atomic mass is 10.2. The van der Waals surface area contributed by atoms with E-state index < -0.39 is 0 Å². The Hall–Kier alpha value is -1.39. The Balaban J connectivity index is 1.71. The lowest BCUT2D eigenvalue weighted by Crippen LogP contribution is -2.04. The largest absolute Gasteiger partial charge is 0.488 e. The summed E-state index contributed by atoms with van der Waals surface area (Å²) < 4.78 is 7.01. The van der Waals surface area contributed by atoms with E-state index in [0.29, 0.717) is 28.2 Å². The Bertz CT molecular complexity index is 900. The lowest BCUT2D eigenvalue weighted by Gasteiger charge is -2.14. The molecule has 0 heterocycles. The molecule has 3 aromatic carbocycles. The van der Waals surface area contributed by atoms with Gasteiger partial charge in [0.25, 0.3) is 0 Å². The molecule has 0 atom stereocenters. The first-order chi connectivity index (χ1) is 12.5. The van der Waals surface area contributed by atoms with Gasteiger partial charge in [0, 0.05) is 42.9 Å². The fraction of sp³-hybridized carbons (Fsp3) is 0.100. The highest BCUT2D eigenvalue weighted by molar-refractivity contribution is 9.10. The van der Waals surface area contributed by atoms with Gasteiger partial charge in [-0.3, -0.25) is 0 Å². The molecule has 0 aromatic heterocycles. The van der Waals surface area contributed by atoms with Gasteiger partial charge in [0.1, 0.15) is 12.4 Å². The van der Waals surface area contributed by atoms with Gasteiger partial charge in [-0.15, -0.1) is 0 Å². The van der Waals surface area contributed by atoms with E-state index in [1.165, 1.54) is 0 Å². The van der Waals surface area contributed by atoms with Crippen molar-refractivity contribution in [2.45, 2.75) is 13.2 Å². The minimum absolute atomic E-state index is 0.350. The van der Waals surface area contributed by atoms with Gasteiger partial charge < -0.3 is 10.1 Å². The Morgan fingerprint density at radius 2 is 1.50 bits per heavy atom. The zero-order valence-electron chi connectivity index (χ0n) is 13.6. The van der Waals surface area contributed by atoms with Crippen molar-refractivity contribution in [3.63, 3.8) is 0 Å². The first kappa shape index (κ1) is 19.4. The average Bonchev–Trinajstić information content (AvgIpc) is 2.62. The molecular formula is C20H15BrCl3NO. The normalized spacial score (nSPS) is 10.6. The molecule has 0 radical (unpaired) electrons. The number of ether oxygens (including phenoxy) is 1. The molecule has 0 saturated heterocycles. The number of hydrogen-bond donors (Lipinski definition) is 1. The van der Waals surface area contributed by atoms with Crippen molar-refractivity contribution >= 4 is 56.4 Å². The number of nitrogens with one attached hydrogen (secondary N) is 1. The molecule has 0 bridgehead atoms. The third kappa shape index (κ3) is 5.31. The molecule has 0 saturated carbocycles. The molecule has 0 aliphatic heterocycles. The van der Waals surface area contributed by atoms with Crippen molar-refractivity contribution < 1.29 is 4.74 Å². The molecule has 2 nitrogen and oxygen atoms in total. The van der Waals surface area contributed by atoms with Crippen molar-refractivity contribution in [1.29, 1.82) is 0 Å². The van der Waals surface area contributed by atoms with Crippen LogP contribution < -0.4 is 10.1 Å². The molecule has 3 rings (SSSR count). The number of rotatable bonds is 6. The van der Waals surface area contributed by atoms with E-state index in [1.54, 1.807) is 12.1 Å². The highest BCUT2D eigenvalue weighted by Crippen LogP contribution is 2.27. The molecule has 0 spiro atoms. The topological polar surface area (TPSA) is 21.3 Å². The number of hydrogen-bond acceptors (Lipinski definition) is 2.